The van der Waals surface area contributed by atoms with E-state index in [-0.39, 0.29) is 5.56 Å². The van der Waals surface area contributed by atoms with Crippen molar-refractivity contribution in [3.05, 3.63) is 48.3 Å². The van der Waals surface area contributed by atoms with Crippen molar-refractivity contribution in [3.8, 4) is 0 Å². The first-order valence-electron chi connectivity index (χ1n) is 4.55. The van der Waals surface area contributed by atoms with Gasteiger partial charge in [-0.1, -0.05) is 12.7 Å². The van der Waals surface area contributed by atoms with E-state index in [1.165, 1.54) is 6.07 Å². The summed E-state index contributed by atoms with van der Waals surface area (Å²) in [6.45, 7) is 9.14. The fraction of sp³-hybridized carbons (Fsp3) is 0.167. The Hall–Kier alpha value is -1.90. The molecule has 1 rings (SSSR count). The maximum absolute atomic E-state index is 10.8. The predicted octanol–water partition coefficient (Wildman–Crippen LogP) is 2.54. The Morgan fingerprint density at radius 3 is 2.73 bits per heavy atom. The van der Waals surface area contributed by atoms with Gasteiger partial charge >= 0.3 is 5.97 Å². The van der Waals surface area contributed by atoms with Gasteiger partial charge in [-0.3, -0.25) is 4.98 Å². The molecule has 0 amide bonds. The highest BCUT2D eigenvalue weighted by atomic mass is 16.4. The highest BCUT2D eigenvalue weighted by molar-refractivity contribution is 5.88. The van der Waals surface area contributed by atoms with Crippen molar-refractivity contribution in [1.82, 2.24) is 4.98 Å². The first-order chi connectivity index (χ1) is 7.04. The number of aromatic carboxylic acids is 1. The lowest BCUT2D eigenvalue weighted by Gasteiger charge is -2.04. The zero-order valence-corrected chi connectivity index (χ0v) is 8.66. The fourth-order valence-electron chi connectivity index (χ4n) is 1.18. The number of carboxylic acid groups (broad SMARTS) is 1. The van der Waals surface area contributed by atoms with Crippen LogP contribution in [0.2, 0.25) is 0 Å². The molecule has 0 aliphatic rings. The van der Waals surface area contributed by atoms with Crippen molar-refractivity contribution < 1.29 is 9.90 Å². The molecule has 78 valence electrons. The van der Waals surface area contributed by atoms with Crippen molar-refractivity contribution in [2.75, 3.05) is 0 Å². The summed E-state index contributed by atoms with van der Waals surface area (Å²) < 4.78 is 0. The number of pyridine rings is 1. The standard InChI is InChI=1S/C12H13NO2/c1-4-5-10-6-9(12(14)15)7-11(13-10)8(2)3/h4,6-7H,1-2,5H2,3H3,(H,14,15). The number of hydrogen-bond donors (Lipinski definition) is 1. The monoisotopic (exact) mass is 203 g/mol. The fourth-order valence-corrected chi connectivity index (χ4v) is 1.18. The molecule has 1 aromatic rings. The van der Waals surface area contributed by atoms with Crippen LogP contribution in [-0.4, -0.2) is 16.1 Å². The van der Waals surface area contributed by atoms with Crippen LogP contribution in [0.25, 0.3) is 5.57 Å². The summed E-state index contributed by atoms with van der Waals surface area (Å²) in [7, 11) is 0. The van der Waals surface area contributed by atoms with E-state index in [4.69, 9.17) is 5.11 Å². The second-order valence-corrected chi connectivity index (χ2v) is 3.31. The van der Waals surface area contributed by atoms with Crippen LogP contribution >= 0.6 is 0 Å². The molecule has 0 fully saturated rings. The summed E-state index contributed by atoms with van der Waals surface area (Å²) in [4.78, 5) is 15.1. The number of aromatic nitrogens is 1. The topological polar surface area (TPSA) is 50.2 Å². The molecule has 0 aliphatic heterocycles. The van der Waals surface area contributed by atoms with Crippen molar-refractivity contribution in [1.29, 1.82) is 0 Å². The van der Waals surface area contributed by atoms with E-state index in [0.29, 0.717) is 17.8 Å². The molecule has 0 bridgehead atoms. The van der Waals surface area contributed by atoms with Gasteiger partial charge in [-0.05, 0) is 24.6 Å². The molecule has 3 heteroatoms. The Balaban J connectivity index is 3.25. The number of nitrogens with zero attached hydrogens (tertiary/aromatic N) is 1. The smallest absolute Gasteiger partial charge is 0.335 e. The van der Waals surface area contributed by atoms with Crippen LogP contribution in [0.4, 0.5) is 0 Å². The molecule has 0 atom stereocenters. The average Bonchev–Trinajstić information content (AvgIpc) is 2.17. The minimum atomic E-state index is -0.954. The number of carboxylic acids is 1. The lowest BCUT2D eigenvalue weighted by Crippen LogP contribution is -2.02. The summed E-state index contributed by atoms with van der Waals surface area (Å²) in [6.07, 6.45) is 2.25. The van der Waals surface area contributed by atoms with E-state index < -0.39 is 5.97 Å². The molecule has 0 aromatic carbocycles. The first kappa shape index (κ1) is 11.2. The first-order valence-corrected chi connectivity index (χ1v) is 4.55. The molecule has 1 aromatic heterocycles. The highest BCUT2D eigenvalue weighted by Crippen LogP contribution is 2.13. The molecule has 3 nitrogen and oxygen atoms in total. The SMILES string of the molecule is C=CCc1cc(C(=O)O)cc(C(=C)C)n1. The van der Waals surface area contributed by atoms with Crippen LogP contribution in [0, 0.1) is 0 Å². The second kappa shape index (κ2) is 4.55. The van der Waals surface area contributed by atoms with Crippen LogP contribution in [0.5, 0.6) is 0 Å². The third kappa shape index (κ3) is 2.77. The largest absolute Gasteiger partial charge is 0.478 e. The molecular formula is C12H13NO2. The molecular weight excluding hydrogens is 190 g/mol. The van der Waals surface area contributed by atoms with Crippen molar-refractivity contribution in [2.45, 2.75) is 13.3 Å². The Morgan fingerprint density at radius 2 is 2.27 bits per heavy atom. The maximum Gasteiger partial charge on any atom is 0.335 e. The Labute approximate surface area is 88.8 Å². The van der Waals surface area contributed by atoms with Gasteiger partial charge in [0.15, 0.2) is 0 Å². The normalized spacial score (nSPS) is 9.67. The van der Waals surface area contributed by atoms with E-state index in [2.05, 4.69) is 18.1 Å². The molecule has 0 spiro atoms. The van der Waals surface area contributed by atoms with Crippen LogP contribution in [0.1, 0.15) is 28.7 Å². The predicted molar refractivity (Wildman–Crippen MR) is 59.8 cm³/mol. The van der Waals surface area contributed by atoms with Gasteiger partial charge in [0.1, 0.15) is 0 Å². The van der Waals surface area contributed by atoms with Crippen molar-refractivity contribution in [3.63, 3.8) is 0 Å². The van der Waals surface area contributed by atoms with E-state index in [1.54, 1.807) is 19.1 Å². The van der Waals surface area contributed by atoms with Gasteiger partial charge in [0.25, 0.3) is 0 Å². The molecule has 0 aliphatic carbocycles. The van der Waals surface area contributed by atoms with Crippen molar-refractivity contribution >= 4 is 11.5 Å². The minimum Gasteiger partial charge on any atom is -0.478 e. The van der Waals surface area contributed by atoms with Gasteiger partial charge in [-0.25, -0.2) is 4.79 Å². The van der Waals surface area contributed by atoms with E-state index in [9.17, 15) is 4.79 Å². The van der Waals surface area contributed by atoms with Gasteiger partial charge in [0.05, 0.1) is 11.3 Å². The molecule has 1 heterocycles. The molecule has 15 heavy (non-hydrogen) atoms. The molecule has 0 saturated heterocycles. The Bertz CT molecular complexity index is 389. The van der Waals surface area contributed by atoms with Gasteiger partial charge in [0, 0.05) is 12.1 Å². The second-order valence-electron chi connectivity index (χ2n) is 3.31. The van der Waals surface area contributed by atoms with Gasteiger partial charge in [0.2, 0.25) is 0 Å². The zero-order chi connectivity index (χ0) is 11.4. The number of allylic oxidation sites excluding steroid dienone is 2. The van der Waals surface area contributed by atoms with E-state index in [0.717, 1.165) is 5.57 Å². The molecule has 0 radical (unpaired) electrons. The Kier molecular flexibility index (Phi) is 3.39. The van der Waals surface area contributed by atoms with Crippen LogP contribution in [0.3, 0.4) is 0 Å². The summed E-state index contributed by atoms with van der Waals surface area (Å²) in [5.41, 5.74) is 2.30. The summed E-state index contributed by atoms with van der Waals surface area (Å²) >= 11 is 0. The van der Waals surface area contributed by atoms with Gasteiger partial charge in [-0.15, -0.1) is 6.58 Å². The average molecular weight is 203 g/mol. The van der Waals surface area contributed by atoms with Crippen molar-refractivity contribution in [2.24, 2.45) is 0 Å². The minimum absolute atomic E-state index is 0.236. The van der Waals surface area contributed by atoms with Gasteiger partial charge in [-0.2, -0.15) is 0 Å². The third-order valence-corrected chi connectivity index (χ3v) is 1.92. The lowest BCUT2D eigenvalue weighted by molar-refractivity contribution is 0.0696. The molecule has 0 saturated carbocycles. The zero-order valence-electron chi connectivity index (χ0n) is 8.66. The Morgan fingerprint density at radius 1 is 1.60 bits per heavy atom. The lowest BCUT2D eigenvalue weighted by atomic mass is 10.1. The van der Waals surface area contributed by atoms with Crippen LogP contribution in [0.15, 0.2) is 31.4 Å². The summed E-state index contributed by atoms with van der Waals surface area (Å²) in [6, 6.07) is 3.08. The maximum atomic E-state index is 10.8. The third-order valence-electron chi connectivity index (χ3n) is 1.92. The summed E-state index contributed by atoms with van der Waals surface area (Å²) in [5, 5.41) is 8.90. The molecule has 1 N–H and O–H groups in total. The van der Waals surface area contributed by atoms with Gasteiger partial charge < -0.3 is 5.11 Å². The molecule has 0 unspecified atom stereocenters. The summed E-state index contributed by atoms with van der Waals surface area (Å²) in [5.74, 6) is -0.954. The van der Waals surface area contributed by atoms with E-state index >= 15 is 0 Å². The van der Waals surface area contributed by atoms with E-state index in [1.807, 2.05) is 0 Å². The number of carbonyl (C=O) groups is 1. The quantitative estimate of drug-likeness (QED) is 0.765. The number of hydrogen-bond acceptors (Lipinski definition) is 2. The van der Waals surface area contributed by atoms with Crippen LogP contribution < -0.4 is 0 Å². The number of rotatable bonds is 4. The van der Waals surface area contributed by atoms with Crippen LogP contribution in [-0.2, 0) is 6.42 Å². The highest BCUT2D eigenvalue weighted by Gasteiger charge is 2.07.